The van der Waals surface area contributed by atoms with Gasteiger partial charge in [0.1, 0.15) is 12.4 Å². The van der Waals surface area contributed by atoms with Crippen LogP contribution < -0.4 is 4.74 Å². The lowest BCUT2D eigenvalue weighted by molar-refractivity contribution is -0.170. The molecule has 0 bridgehead atoms. The number of ether oxygens (including phenoxy) is 2. The first-order chi connectivity index (χ1) is 16.9. The Kier molecular flexibility index (Phi) is 8.11. The number of carbonyl (C=O) groups is 2. The Balaban J connectivity index is 1.59. The van der Waals surface area contributed by atoms with Crippen molar-refractivity contribution >= 4 is 11.8 Å². The highest BCUT2D eigenvalue weighted by atomic mass is 16.5. The molecule has 8 heteroatoms. The fraction of sp³-hybridized carbons (Fsp3) is 0.593. The number of rotatable bonds is 4. The lowest BCUT2D eigenvalue weighted by Gasteiger charge is -2.44. The molecule has 1 atom stereocenters. The van der Waals surface area contributed by atoms with Gasteiger partial charge in [0.15, 0.2) is 5.60 Å². The monoisotopic (exact) mass is 482 g/mol. The van der Waals surface area contributed by atoms with Crippen LogP contribution in [0, 0.1) is 6.92 Å². The fourth-order valence-corrected chi connectivity index (χ4v) is 5.12. The van der Waals surface area contributed by atoms with Crippen LogP contribution in [0.4, 0.5) is 0 Å². The summed E-state index contributed by atoms with van der Waals surface area (Å²) in [4.78, 5) is 31.1. The molecule has 2 aliphatic heterocycles. The van der Waals surface area contributed by atoms with Crippen LogP contribution in [0.3, 0.4) is 0 Å². The molecule has 3 heterocycles. The van der Waals surface area contributed by atoms with E-state index < -0.39 is 5.60 Å². The maximum absolute atomic E-state index is 14.1. The van der Waals surface area contributed by atoms with Gasteiger partial charge in [-0.05, 0) is 50.7 Å². The summed E-state index contributed by atoms with van der Waals surface area (Å²) >= 11 is 0. The van der Waals surface area contributed by atoms with Crippen LogP contribution in [0.5, 0.6) is 5.75 Å². The van der Waals surface area contributed by atoms with Crippen LogP contribution >= 0.6 is 0 Å². The molecule has 2 amide bonds. The van der Waals surface area contributed by atoms with Gasteiger partial charge < -0.3 is 19.3 Å². The first-order valence-corrected chi connectivity index (χ1v) is 12.9. The molecule has 0 radical (unpaired) electrons. The number of nitrogens with zero attached hydrogens (tertiary/aromatic N) is 4. The normalized spacial score (nSPS) is 21.7. The van der Waals surface area contributed by atoms with E-state index in [-0.39, 0.29) is 18.4 Å². The van der Waals surface area contributed by atoms with Gasteiger partial charge in [-0.3, -0.25) is 14.3 Å². The standard InChI is InChI=1S/C27H38N4O4/c1-4-5-14-30-15-17-34-24-12-7-6-10-22(24)11-8-9-13-27(26(30)33)20-31(16-18-35-27)25(32)23-19-29(3)28-21(23)2/h6-7,10,12,19H,4-5,8-9,11,13-18,20H2,1-3H3. The Bertz CT molecular complexity index is 1040. The predicted octanol–water partition coefficient (Wildman–Crippen LogP) is 3.37. The van der Waals surface area contributed by atoms with Crippen LogP contribution in [-0.4, -0.2) is 76.4 Å². The van der Waals surface area contributed by atoms with E-state index in [1.807, 2.05) is 37.1 Å². The number of amides is 2. The Morgan fingerprint density at radius 3 is 2.77 bits per heavy atom. The molecule has 1 aromatic heterocycles. The molecule has 1 spiro atoms. The molecule has 1 aromatic carbocycles. The molecule has 35 heavy (non-hydrogen) atoms. The quantitative estimate of drug-likeness (QED) is 0.668. The zero-order valence-electron chi connectivity index (χ0n) is 21.3. The fourth-order valence-electron chi connectivity index (χ4n) is 5.12. The lowest BCUT2D eigenvalue weighted by atomic mass is 9.90. The summed E-state index contributed by atoms with van der Waals surface area (Å²) < 4.78 is 14.1. The first-order valence-electron chi connectivity index (χ1n) is 12.9. The summed E-state index contributed by atoms with van der Waals surface area (Å²) in [5, 5.41) is 4.33. The summed E-state index contributed by atoms with van der Waals surface area (Å²) in [6.07, 6.45) is 6.89. The summed E-state index contributed by atoms with van der Waals surface area (Å²) in [6.45, 7) is 6.62. The Hall–Kier alpha value is -2.87. The lowest BCUT2D eigenvalue weighted by Crippen LogP contribution is -2.62. The molecule has 1 unspecified atom stereocenters. The second-order valence-electron chi connectivity index (χ2n) is 9.68. The van der Waals surface area contributed by atoms with Crippen LogP contribution in [0.1, 0.15) is 60.6 Å². The second kappa shape index (κ2) is 11.2. The van der Waals surface area contributed by atoms with E-state index in [0.717, 1.165) is 37.9 Å². The minimum atomic E-state index is -1.03. The topological polar surface area (TPSA) is 76.9 Å². The average Bonchev–Trinajstić information content (AvgIpc) is 3.21. The number of hydrogen-bond donors (Lipinski definition) is 0. The second-order valence-corrected chi connectivity index (χ2v) is 9.68. The van der Waals surface area contributed by atoms with E-state index in [1.54, 1.807) is 15.8 Å². The summed E-state index contributed by atoms with van der Waals surface area (Å²) in [7, 11) is 1.81. The van der Waals surface area contributed by atoms with Crippen molar-refractivity contribution in [3.05, 3.63) is 47.3 Å². The molecule has 2 aliphatic rings. The van der Waals surface area contributed by atoms with Crippen molar-refractivity contribution in [2.45, 2.75) is 58.0 Å². The first kappa shape index (κ1) is 25.2. The van der Waals surface area contributed by atoms with E-state index >= 15 is 0 Å². The van der Waals surface area contributed by atoms with Gasteiger partial charge in [-0.1, -0.05) is 31.5 Å². The minimum absolute atomic E-state index is 0.0242. The number of para-hydroxylation sites is 1. The minimum Gasteiger partial charge on any atom is -0.491 e. The molecule has 190 valence electrons. The zero-order chi connectivity index (χ0) is 24.8. The number of hydrogen-bond acceptors (Lipinski definition) is 5. The highest BCUT2D eigenvalue weighted by Gasteiger charge is 2.47. The van der Waals surface area contributed by atoms with E-state index in [4.69, 9.17) is 9.47 Å². The van der Waals surface area contributed by atoms with Crippen LogP contribution in [-0.2, 0) is 23.0 Å². The van der Waals surface area contributed by atoms with Gasteiger partial charge in [0.25, 0.3) is 11.8 Å². The van der Waals surface area contributed by atoms with Crippen molar-refractivity contribution in [1.82, 2.24) is 19.6 Å². The Morgan fingerprint density at radius 2 is 2.00 bits per heavy atom. The third-order valence-corrected chi connectivity index (χ3v) is 7.04. The van der Waals surface area contributed by atoms with E-state index in [0.29, 0.717) is 50.5 Å². The molecule has 0 saturated carbocycles. The summed E-state index contributed by atoms with van der Waals surface area (Å²) in [6, 6.07) is 8.16. The van der Waals surface area contributed by atoms with Crippen molar-refractivity contribution in [1.29, 1.82) is 0 Å². The molecule has 1 saturated heterocycles. The molecule has 0 N–H and O–H groups in total. The van der Waals surface area contributed by atoms with Gasteiger partial charge in [0, 0.05) is 26.3 Å². The van der Waals surface area contributed by atoms with Gasteiger partial charge in [0.2, 0.25) is 0 Å². The molecule has 1 fully saturated rings. The molecule has 4 rings (SSSR count). The van der Waals surface area contributed by atoms with E-state index in [1.165, 1.54) is 5.56 Å². The van der Waals surface area contributed by atoms with Gasteiger partial charge in [-0.25, -0.2) is 0 Å². The van der Waals surface area contributed by atoms with Crippen molar-refractivity contribution < 1.29 is 19.1 Å². The number of unbranched alkanes of at least 4 members (excludes halogenated alkanes) is 1. The average molecular weight is 483 g/mol. The predicted molar refractivity (Wildman–Crippen MR) is 134 cm³/mol. The molecule has 8 nitrogen and oxygen atoms in total. The van der Waals surface area contributed by atoms with Crippen molar-refractivity contribution in [2.24, 2.45) is 7.05 Å². The molecular formula is C27H38N4O4. The highest BCUT2D eigenvalue weighted by molar-refractivity contribution is 5.96. The van der Waals surface area contributed by atoms with Crippen LogP contribution in [0.15, 0.2) is 30.5 Å². The third-order valence-electron chi connectivity index (χ3n) is 7.04. The number of morpholine rings is 1. The number of benzene rings is 1. The summed E-state index contributed by atoms with van der Waals surface area (Å²) in [5.41, 5.74) is 1.44. The maximum atomic E-state index is 14.1. The van der Waals surface area contributed by atoms with Crippen molar-refractivity contribution in [3.8, 4) is 5.75 Å². The summed E-state index contributed by atoms with van der Waals surface area (Å²) in [5.74, 6) is 0.793. The van der Waals surface area contributed by atoms with Gasteiger partial charge in [-0.15, -0.1) is 0 Å². The van der Waals surface area contributed by atoms with Crippen LogP contribution in [0.2, 0.25) is 0 Å². The van der Waals surface area contributed by atoms with E-state index in [2.05, 4.69) is 18.1 Å². The van der Waals surface area contributed by atoms with Gasteiger partial charge in [-0.2, -0.15) is 5.10 Å². The Morgan fingerprint density at radius 1 is 1.17 bits per heavy atom. The number of aryl methyl sites for hydroxylation is 3. The largest absolute Gasteiger partial charge is 0.491 e. The SMILES string of the molecule is CCCCN1CCOc2ccccc2CCCCC2(CN(C(=O)c3cn(C)nc3C)CCO2)C1=O. The van der Waals surface area contributed by atoms with E-state index in [9.17, 15) is 9.59 Å². The molecule has 2 aromatic rings. The molecule has 0 aliphatic carbocycles. The number of aromatic nitrogens is 2. The van der Waals surface area contributed by atoms with Crippen molar-refractivity contribution in [3.63, 3.8) is 0 Å². The van der Waals surface area contributed by atoms with Crippen molar-refractivity contribution in [2.75, 3.05) is 39.4 Å². The maximum Gasteiger partial charge on any atom is 0.257 e. The van der Waals surface area contributed by atoms with Crippen LogP contribution in [0.25, 0.3) is 0 Å². The molecular weight excluding hydrogens is 444 g/mol. The number of fused-ring (bicyclic) bond motifs is 1. The smallest absolute Gasteiger partial charge is 0.257 e. The highest BCUT2D eigenvalue weighted by Crippen LogP contribution is 2.30. The third kappa shape index (κ3) is 5.69. The Labute approximate surface area is 208 Å². The number of carbonyl (C=O) groups excluding carboxylic acids is 2. The van der Waals surface area contributed by atoms with Gasteiger partial charge in [0.05, 0.1) is 31.0 Å². The zero-order valence-corrected chi connectivity index (χ0v) is 21.3. The van der Waals surface area contributed by atoms with Gasteiger partial charge >= 0.3 is 0 Å².